The van der Waals surface area contributed by atoms with Crippen molar-refractivity contribution < 1.29 is 43.3 Å². The Morgan fingerprint density at radius 1 is 0.959 bits per heavy atom. The standard InChI is InChI=1S/C33H43N7O9/c1-22(41)48-19-7-12-25(32(45)37-15-17-38(18-16-37)33(46)47)35-30(43)26-20-29(40(36-26)24-10-3-2-4-11-24)49-21-28(42)39-14-6-13-27(39)31(44)34-23-8-5-9-23/h2-4,10-11,20,23,25,27H,5-9,12-19,21H2,1H3,(H,34,44)(H,35,43)(H,46,47)/t25-,27-/m0/s1. The fourth-order valence-corrected chi connectivity index (χ4v) is 6.07. The topological polar surface area (TPSA) is 193 Å². The molecule has 3 N–H and O–H groups in total. The number of ether oxygens (including phenoxy) is 2. The minimum absolute atomic E-state index is 0.0521. The Morgan fingerprint density at radius 2 is 1.67 bits per heavy atom. The van der Waals surface area contributed by atoms with Crippen molar-refractivity contribution >= 4 is 35.7 Å². The summed E-state index contributed by atoms with van der Waals surface area (Å²) >= 11 is 0. The molecule has 3 heterocycles. The highest BCUT2D eigenvalue weighted by molar-refractivity contribution is 5.96. The number of hydrogen-bond donors (Lipinski definition) is 3. The van der Waals surface area contributed by atoms with E-state index in [0.717, 1.165) is 19.3 Å². The molecule has 1 aromatic carbocycles. The summed E-state index contributed by atoms with van der Waals surface area (Å²) in [6.45, 7) is 1.99. The second-order valence-electron chi connectivity index (χ2n) is 12.4. The molecule has 16 heteroatoms. The first kappa shape index (κ1) is 35.2. The zero-order valence-corrected chi connectivity index (χ0v) is 27.5. The average Bonchev–Trinajstić information content (AvgIpc) is 3.75. The first-order valence-electron chi connectivity index (χ1n) is 16.7. The highest BCUT2D eigenvalue weighted by Crippen LogP contribution is 2.24. The van der Waals surface area contributed by atoms with E-state index in [-0.39, 0.29) is 81.7 Å². The van der Waals surface area contributed by atoms with E-state index in [9.17, 15) is 33.9 Å². The molecule has 3 aliphatic rings. The maximum atomic E-state index is 13.6. The van der Waals surface area contributed by atoms with Gasteiger partial charge in [-0.1, -0.05) is 18.2 Å². The molecule has 1 aromatic heterocycles. The molecule has 0 radical (unpaired) electrons. The summed E-state index contributed by atoms with van der Waals surface area (Å²) in [5.41, 5.74) is 0.493. The molecule has 1 saturated carbocycles. The van der Waals surface area contributed by atoms with Gasteiger partial charge in [-0.15, -0.1) is 0 Å². The molecular weight excluding hydrogens is 638 g/mol. The Morgan fingerprint density at radius 3 is 2.33 bits per heavy atom. The van der Waals surface area contributed by atoms with Gasteiger partial charge in [0.15, 0.2) is 12.3 Å². The van der Waals surface area contributed by atoms with Crippen LogP contribution in [0.1, 0.15) is 62.4 Å². The van der Waals surface area contributed by atoms with Crippen molar-refractivity contribution in [2.75, 3.05) is 45.9 Å². The molecule has 2 saturated heterocycles. The van der Waals surface area contributed by atoms with Gasteiger partial charge in [0.1, 0.15) is 12.1 Å². The first-order valence-corrected chi connectivity index (χ1v) is 16.7. The number of para-hydroxylation sites is 1. The molecule has 5 amide bonds. The number of amides is 5. The van der Waals surface area contributed by atoms with Crippen LogP contribution >= 0.6 is 0 Å². The van der Waals surface area contributed by atoms with E-state index < -0.39 is 36.0 Å². The van der Waals surface area contributed by atoms with Gasteiger partial charge in [-0.05, 0) is 57.1 Å². The molecule has 5 rings (SSSR count). The van der Waals surface area contributed by atoms with Gasteiger partial charge in [0.05, 0.1) is 12.3 Å². The van der Waals surface area contributed by atoms with Crippen LogP contribution < -0.4 is 15.4 Å². The molecule has 2 aromatic rings. The fourth-order valence-electron chi connectivity index (χ4n) is 6.07. The maximum Gasteiger partial charge on any atom is 0.407 e. The summed E-state index contributed by atoms with van der Waals surface area (Å²) in [7, 11) is 0. The molecular formula is C33H43N7O9. The number of hydrogen-bond acceptors (Lipinski definition) is 9. The van der Waals surface area contributed by atoms with Crippen molar-refractivity contribution in [1.29, 1.82) is 0 Å². The second-order valence-corrected chi connectivity index (χ2v) is 12.4. The monoisotopic (exact) mass is 681 g/mol. The Hall–Kier alpha value is -5.15. The molecule has 1 aliphatic carbocycles. The Bertz CT molecular complexity index is 1520. The summed E-state index contributed by atoms with van der Waals surface area (Å²) in [5, 5.41) is 19.5. The summed E-state index contributed by atoms with van der Waals surface area (Å²) < 4.78 is 12.3. The number of aromatic nitrogens is 2. The van der Waals surface area contributed by atoms with Crippen LogP contribution in [0, 0.1) is 0 Å². The smallest absolute Gasteiger partial charge is 0.407 e. The zero-order chi connectivity index (χ0) is 34.9. The maximum absolute atomic E-state index is 13.6. The van der Waals surface area contributed by atoms with Crippen LogP contribution in [0.3, 0.4) is 0 Å². The third kappa shape index (κ3) is 9.06. The third-order valence-corrected chi connectivity index (χ3v) is 8.99. The second kappa shape index (κ2) is 16.3. The van der Waals surface area contributed by atoms with Gasteiger partial charge in [0.25, 0.3) is 11.8 Å². The van der Waals surface area contributed by atoms with E-state index in [1.807, 2.05) is 6.07 Å². The van der Waals surface area contributed by atoms with Crippen molar-refractivity contribution in [1.82, 2.24) is 35.1 Å². The number of carbonyl (C=O) groups excluding carboxylic acids is 5. The number of piperazine rings is 1. The minimum Gasteiger partial charge on any atom is -0.467 e. The molecule has 49 heavy (non-hydrogen) atoms. The van der Waals surface area contributed by atoms with E-state index >= 15 is 0 Å². The molecule has 2 aliphatic heterocycles. The number of nitrogens with one attached hydrogen (secondary N) is 2. The van der Waals surface area contributed by atoms with Gasteiger partial charge in [-0.2, -0.15) is 5.10 Å². The van der Waals surface area contributed by atoms with Crippen molar-refractivity contribution in [2.45, 2.75) is 70.0 Å². The molecule has 2 atom stereocenters. The highest BCUT2D eigenvalue weighted by Gasteiger charge is 2.36. The minimum atomic E-state index is -1.07. The van der Waals surface area contributed by atoms with E-state index in [2.05, 4.69) is 15.7 Å². The van der Waals surface area contributed by atoms with Crippen molar-refractivity contribution in [3.8, 4) is 11.6 Å². The lowest BCUT2D eigenvalue weighted by molar-refractivity contribution is -0.141. The normalized spacial score (nSPS) is 18.3. The number of carboxylic acid groups (broad SMARTS) is 1. The van der Waals surface area contributed by atoms with Gasteiger partial charge in [0, 0.05) is 51.8 Å². The molecule has 0 spiro atoms. The Balaban J connectivity index is 1.28. The van der Waals surface area contributed by atoms with Crippen LogP contribution in [-0.2, 0) is 23.9 Å². The van der Waals surface area contributed by atoms with Crippen molar-refractivity contribution in [3.63, 3.8) is 0 Å². The lowest BCUT2D eigenvalue weighted by Gasteiger charge is -2.35. The summed E-state index contributed by atoms with van der Waals surface area (Å²) in [6.07, 6.45) is 3.63. The molecule has 3 fully saturated rings. The van der Waals surface area contributed by atoms with Gasteiger partial charge >= 0.3 is 12.1 Å². The van der Waals surface area contributed by atoms with E-state index in [1.165, 1.54) is 32.4 Å². The van der Waals surface area contributed by atoms with Crippen LogP contribution in [0.25, 0.3) is 5.69 Å². The number of esters is 1. The van der Waals surface area contributed by atoms with E-state index in [1.54, 1.807) is 24.3 Å². The summed E-state index contributed by atoms with van der Waals surface area (Å²) in [4.78, 5) is 80.1. The number of likely N-dealkylation sites (tertiary alicyclic amines) is 1. The molecule has 0 bridgehead atoms. The van der Waals surface area contributed by atoms with E-state index in [0.29, 0.717) is 25.1 Å². The Kier molecular flexibility index (Phi) is 11.7. The molecule has 16 nitrogen and oxygen atoms in total. The van der Waals surface area contributed by atoms with Crippen LogP contribution in [0.4, 0.5) is 4.79 Å². The van der Waals surface area contributed by atoms with Crippen LogP contribution in [0.2, 0.25) is 0 Å². The number of benzene rings is 1. The van der Waals surface area contributed by atoms with E-state index in [4.69, 9.17) is 9.47 Å². The van der Waals surface area contributed by atoms with Crippen LogP contribution in [0.15, 0.2) is 36.4 Å². The summed E-state index contributed by atoms with van der Waals surface area (Å²) in [5.74, 6) is -1.93. The highest BCUT2D eigenvalue weighted by atomic mass is 16.5. The van der Waals surface area contributed by atoms with Gasteiger partial charge in [0.2, 0.25) is 17.7 Å². The quantitative estimate of drug-likeness (QED) is 0.204. The van der Waals surface area contributed by atoms with Crippen molar-refractivity contribution in [2.24, 2.45) is 0 Å². The average molecular weight is 682 g/mol. The predicted octanol–water partition coefficient (Wildman–Crippen LogP) is 1.17. The third-order valence-electron chi connectivity index (χ3n) is 8.99. The first-order chi connectivity index (χ1) is 23.6. The van der Waals surface area contributed by atoms with Gasteiger partial charge in [-0.25, -0.2) is 9.48 Å². The molecule has 264 valence electrons. The van der Waals surface area contributed by atoms with Crippen molar-refractivity contribution in [3.05, 3.63) is 42.1 Å². The fraction of sp³-hybridized carbons (Fsp3) is 0.545. The van der Waals surface area contributed by atoms with Crippen LogP contribution in [-0.4, -0.2) is 129 Å². The predicted molar refractivity (Wildman–Crippen MR) is 173 cm³/mol. The summed E-state index contributed by atoms with van der Waals surface area (Å²) in [6, 6.07) is 8.86. The SMILES string of the molecule is CC(=O)OCCC[C@H](NC(=O)c1cc(OCC(=O)N2CCC[C@H]2C(=O)NC2CCC2)n(-c2ccccc2)n1)C(=O)N1CCN(C(=O)O)CC1. The van der Waals surface area contributed by atoms with Crippen LogP contribution in [0.5, 0.6) is 5.88 Å². The number of carbonyl (C=O) groups is 6. The number of rotatable bonds is 13. The van der Waals surface area contributed by atoms with Gasteiger partial charge < -0.3 is 39.9 Å². The molecule has 0 unspecified atom stereocenters. The van der Waals surface area contributed by atoms with Gasteiger partial charge in [-0.3, -0.25) is 24.0 Å². The lowest BCUT2D eigenvalue weighted by atomic mass is 9.93. The zero-order valence-electron chi connectivity index (χ0n) is 27.5. The number of nitrogens with zero attached hydrogens (tertiary/aromatic N) is 5. The lowest BCUT2D eigenvalue weighted by Crippen LogP contribution is -2.55. The Labute approximate surface area is 283 Å². The largest absolute Gasteiger partial charge is 0.467 e.